The Hall–Kier alpha value is -3.06. The molecule has 37 heavy (non-hydrogen) atoms. The number of Topliss-reactive ketones (excluding diaryl/α,β-unsaturated/α-hetero) is 1. The molecule has 0 spiro atoms. The zero-order valence-corrected chi connectivity index (χ0v) is 22.1. The van der Waals surface area contributed by atoms with Gasteiger partial charge in [0.2, 0.25) is 10.0 Å². The van der Waals surface area contributed by atoms with E-state index in [1.54, 1.807) is 18.2 Å². The van der Waals surface area contributed by atoms with Crippen LogP contribution in [0.1, 0.15) is 37.6 Å². The number of carbonyl (C=O) groups excluding carboxylic acids is 1. The molecule has 2 N–H and O–H groups in total. The number of aromatic nitrogens is 4. The van der Waals surface area contributed by atoms with Gasteiger partial charge < -0.3 is 9.84 Å². The Labute approximate surface area is 223 Å². The second kappa shape index (κ2) is 13.0. The van der Waals surface area contributed by atoms with Gasteiger partial charge in [-0.1, -0.05) is 42.6 Å². The van der Waals surface area contributed by atoms with E-state index in [9.17, 15) is 23.1 Å². The number of hydrogen-bond acceptors (Lipinski definition) is 8. The number of unbranched alkanes of at least 4 members (excludes halogenated alkanes) is 1. The summed E-state index contributed by atoms with van der Waals surface area (Å²) in [4.78, 5) is 24.3. The first kappa shape index (κ1) is 28.5. The van der Waals surface area contributed by atoms with Crippen molar-refractivity contribution in [3.63, 3.8) is 0 Å². The third-order valence-corrected chi connectivity index (χ3v) is 7.47. The minimum Gasteiger partial charge on any atom is -0.494 e. The number of carboxylic acid groups (broad SMARTS) is 1. The third-order valence-electron chi connectivity index (χ3n) is 5.27. The van der Waals surface area contributed by atoms with Crippen LogP contribution in [-0.4, -0.2) is 58.1 Å². The number of ether oxygens (including phenoxy) is 1. The van der Waals surface area contributed by atoms with Crippen LogP contribution in [0.4, 0.5) is 0 Å². The minimum atomic E-state index is -4.23. The maximum atomic E-state index is 13.0. The largest absolute Gasteiger partial charge is 0.494 e. The Bertz CT molecular complexity index is 1330. The molecule has 0 fully saturated rings. The SMILES string of the molecule is CCCCOc1ccc(S(=O)(=O)NC(CC(=O)O)C(=O)Cn2nnnc2Cc2c(Cl)cccc2Cl)cc1. The second-order valence-corrected chi connectivity index (χ2v) is 10.6. The number of ketones is 1. The van der Waals surface area contributed by atoms with E-state index in [1.807, 2.05) is 6.92 Å². The van der Waals surface area contributed by atoms with Crippen LogP contribution in [-0.2, 0) is 32.6 Å². The highest BCUT2D eigenvalue weighted by atomic mass is 35.5. The molecule has 14 heteroatoms. The topological polar surface area (TPSA) is 153 Å². The zero-order valence-electron chi connectivity index (χ0n) is 19.8. The monoisotopic (exact) mass is 569 g/mol. The number of nitrogens with zero attached hydrogens (tertiary/aromatic N) is 4. The van der Waals surface area contributed by atoms with Crippen LogP contribution in [0.5, 0.6) is 5.75 Å². The van der Waals surface area contributed by atoms with Gasteiger partial charge in [-0.05, 0) is 58.8 Å². The van der Waals surface area contributed by atoms with E-state index in [0.717, 1.165) is 17.5 Å². The van der Waals surface area contributed by atoms with Gasteiger partial charge in [0.05, 0.1) is 24.0 Å². The average molecular weight is 570 g/mol. The van der Waals surface area contributed by atoms with Crippen molar-refractivity contribution in [1.29, 1.82) is 0 Å². The zero-order chi connectivity index (χ0) is 27.0. The van der Waals surface area contributed by atoms with Gasteiger partial charge in [-0.25, -0.2) is 13.1 Å². The molecule has 0 saturated carbocycles. The molecular formula is C23H25Cl2N5O6S. The molecule has 1 heterocycles. The summed E-state index contributed by atoms with van der Waals surface area (Å²) in [5.74, 6) is -1.38. The highest BCUT2D eigenvalue weighted by molar-refractivity contribution is 7.89. The number of sulfonamides is 1. The lowest BCUT2D eigenvalue weighted by atomic mass is 10.1. The summed E-state index contributed by atoms with van der Waals surface area (Å²) in [6.45, 7) is 2.04. The quantitative estimate of drug-likeness (QED) is 0.278. The van der Waals surface area contributed by atoms with Gasteiger partial charge in [-0.3, -0.25) is 9.59 Å². The number of benzene rings is 2. The first-order valence-corrected chi connectivity index (χ1v) is 13.5. The maximum Gasteiger partial charge on any atom is 0.305 e. The minimum absolute atomic E-state index is 0.0980. The number of rotatable bonds is 14. The standard InChI is InChI=1S/C23H25Cl2N5O6S/c1-2-3-11-36-15-7-9-16(10-8-15)37(34,35)27-20(13-23(32)33)21(31)14-30-22(26-28-29-30)12-17-18(24)5-4-6-19(17)25/h4-10,20,27H,2-3,11-14H2,1H3,(H,32,33). The molecule has 11 nitrogen and oxygen atoms in total. The van der Waals surface area contributed by atoms with Gasteiger partial charge in [-0.2, -0.15) is 4.72 Å². The smallest absolute Gasteiger partial charge is 0.305 e. The second-order valence-electron chi connectivity index (χ2n) is 8.04. The van der Waals surface area contributed by atoms with Crippen LogP contribution in [0, 0.1) is 0 Å². The van der Waals surface area contributed by atoms with Crippen LogP contribution >= 0.6 is 23.2 Å². The van der Waals surface area contributed by atoms with E-state index < -0.39 is 40.8 Å². The predicted molar refractivity (Wildman–Crippen MR) is 135 cm³/mol. The van der Waals surface area contributed by atoms with E-state index in [1.165, 1.54) is 24.3 Å². The lowest BCUT2D eigenvalue weighted by Gasteiger charge is -2.17. The normalized spacial score (nSPS) is 12.3. The van der Waals surface area contributed by atoms with Crippen molar-refractivity contribution in [3.05, 3.63) is 63.9 Å². The summed E-state index contributed by atoms with van der Waals surface area (Å²) in [6, 6.07) is 9.02. The number of tetrazole rings is 1. The van der Waals surface area contributed by atoms with Gasteiger partial charge in [0.15, 0.2) is 11.6 Å². The highest BCUT2D eigenvalue weighted by Crippen LogP contribution is 2.26. The Kier molecular flexibility index (Phi) is 9.98. The van der Waals surface area contributed by atoms with Crippen LogP contribution < -0.4 is 9.46 Å². The van der Waals surface area contributed by atoms with Crippen LogP contribution in [0.15, 0.2) is 47.4 Å². The van der Waals surface area contributed by atoms with Gasteiger partial charge in [0.25, 0.3) is 0 Å². The maximum absolute atomic E-state index is 13.0. The number of halogens is 2. The van der Waals surface area contributed by atoms with Crippen LogP contribution in [0.2, 0.25) is 10.0 Å². The summed E-state index contributed by atoms with van der Waals surface area (Å²) >= 11 is 12.4. The molecule has 0 aliphatic carbocycles. The lowest BCUT2D eigenvalue weighted by molar-refractivity contribution is -0.139. The Balaban J connectivity index is 1.75. The number of carbonyl (C=O) groups is 2. The van der Waals surface area contributed by atoms with Crippen molar-refractivity contribution >= 4 is 45.0 Å². The molecule has 0 saturated heterocycles. The van der Waals surface area contributed by atoms with Crippen molar-refractivity contribution in [2.75, 3.05) is 6.61 Å². The number of carboxylic acids is 1. The fraction of sp³-hybridized carbons (Fsp3) is 0.348. The van der Waals surface area contributed by atoms with Crippen molar-refractivity contribution in [3.8, 4) is 5.75 Å². The van der Waals surface area contributed by atoms with Crippen molar-refractivity contribution < 1.29 is 27.9 Å². The lowest BCUT2D eigenvalue weighted by Crippen LogP contribution is -2.43. The van der Waals surface area contributed by atoms with Gasteiger partial charge in [-0.15, -0.1) is 5.10 Å². The number of aliphatic carboxylic acids is 1. The van der Waals surface area contributed by atoms with E-state index in [-0.39, 0.29) is 17.1 Å². The number of nitrogens with one attached hydrogen (secondary N) is 1. The summed E-state index contributed by atoms with van der Waals surface area (Å²) in [6.07, 6.45) is 1.13. The van der Waals surface area contributed by atoms with Gasteiger partial charge in [0.1, 0.15) is 12.3 Å². The Morgan fingerprint density at radius 3 is 2.43 bits per heavy atom. The molecule has 0 aliphatic heterocycles. The molecule has 1 aromatic heterocycles. The molecular weight excluding hydrogens is 545 g/mol. The molecule has 3 aromatic rings. The molecule has 2 aromatic carbocycles. The van der Waals surface area contributed by atoms with Crippen molar-refractivity contribution in [1.82, 2.24) is 24.9 Å². The van der Waals surface area contributed by atoms with E-state index in [4.69, 9.17) is 27.9 Å². The predicted octanol–water partition coefficient (Wildman–Crippen LogP) is 3.14. The number of hydrogen-bond donors (Lipinski definition) is 2. The molecule has 0 bridgehead atoms. The first-order valence-electron chi connectivity index (χ1n) is 11.3. The van der Waals surface area contributed by atoms with Gasteiger partial charge in [0, 0.05) is 16.5 Å². The van der Waals surface area contributed by atoms with E-state index in [0.29, 0.717) is 28.0 Å². The fourth-order valence-corrected chi connectivity index (χ4v) is 5.04. The van der Waals surface area contributed by atoms with E-state index in [2.05, 4.69) is 20.2 Å². The van der Waals surface area contributed by atoms with Crippen molar-refractivity contribution in [2.24, 2.45) is 0 Å². The molecule has 3 rings (SSSR count). The van der Waals surface area contributed by atoms with Gasteiger partial charge >= 0.3 is 5.97 Å². The molecule has 0 radical (unpaired) electrons. The summed E-state index contributed by atoms with van der Waals surface area (Å²) < 4.78 is 34.7. The van der Waals surface area contributed by atoms with Crippen LogP contribution in [0.25, 0.3) is 0 Å². The molecule has 198 valence electrons. The van der Waals surface area contributed by atoms with Crippen LogP contribution in [0.3, 0.4) is 0 Å². The third kappa shape index (κ3) is 7.96. The Morgan fingerprint density at radius 1 is 1.14 bits per heavy atom. The first-order chi connectivity index (χ1) is 17.6. The average Bonchev–Trinajstić information content (AvgIpc) is 3.27. The molecule has 0 amide bonds. The summed E-state index contributed by atoms with van der Waals surface area (Å²) in [7, 11) is -4.23. The highest BCUT2D eigenvalue weighted by Gasteiger charge is 2.29. The summed E-state index contributed by atoms with van der Waals surface area (Å²) in [5, 5.41) is 21.3. The van der Waals surface area contributed by atoms with Crippen molar-refractivity contribution in [2.45, 2.75) is 50.1 Å². The molecule has 1 unspecified atom stereocenters. The molecule has 0 aliphatic rings. The van der Waals surface area contributed by atoms with E-state index >= 15 is 0 Å². The summed E-state index contributed by atoms with van der Waals surface area (Å²) in [5.41, 5.74) is 0.541. The Morgan fingerprint density at radius 2 is 1.81 bits per heavy atom. The molecule has 1 atom stereocenters. The fourth-order valence-electron chi connectivity index (χ4n) is 3.29.